The lowest BCUT2D eigenvalue weighted by molar-refractivity contribution is -0.129. The minimum atomic E-state index is -0.354. The van der Waals surface area contributed by atoms with Crippen molar-refractivity contribution in [3.8, 4) is 11.4 Å². The van der Waals surface area contributed by atoms with Crippen LogP contribution >= 0.6 is 11.8 Å². The standard InChI is InChI=1S/C19H19FN4OS/c1-13(18(25)24(2)12-14-7-6-10-16(20)11-14)26-19-21-17(22-23-19)15-8-4-3-5-9-15/h3-11,13H,12H2,1-2H3,(H,21,22,23)/t13-/m0/s1. The summed E-state index contributed by atoms with van der Waals surface area (Å²) in [6.07, 6.45) is 0. The summed E-state index contributed by atoms with van der Waals surface area (Å²) in [6, 6.07) is 15.9. The van der Waals surface area contributed by atoms with E-state index in [2.05, 4.69) is 15.2 Å². The Morgan fingerprint density at radius 2 is 2.00 bits per heavy atom. The zero-order valence-corrected chi connectivity index (χ0v) is 15.3. The van der Waals surface area contributed by atoms with E-state index in [1.807, 2.05) is 37.3 Å². The van der Waals surface area contributed by atoms with Crippen LogP contribution in [-0.2, 0) is 11.3 Å². The Balaban J connectivity index is 1.61. The molecule has 1 atom stereocenters. The van der Waals surface area contributed by atoms with Crippen molar-refractivity contribution < 1.29 is 9.18 Å². The number of aromatic nitrogens is 3. The van der Waals surface area contributed by atoms with E-state index in [0.717, 1.165) is 11.1 Å². The number of carbonyl (C=O) groups is 1. The van der Waals surface area contributed by atoms with Crippen molar-refractivity contribution in [1.29, 1.82) is 0 Å². The maximum atomic E-state index is 13.3. The van der Waals surface area contributed by atoms with E-state index in [1.54, 1.807) is 24.1 Å². The molecule has 0 saturated carbocycles. The number of amides is 1. The number of hydrogen-bond donors (Lipinski definition) is 1. The third-order valence-corrected chi connectivity index (χ3v) is 4.78. The van der Waals surface area contributed by atoms with Gasteiger partial charge in [-0.25, -0.2) is 9.37 Å². The van der Waals surface area contributed by atoms with Gasteiger partial charge < -0.3 is 4.90 Å². The number of aromatic amines is 1. The van der Waals surface area contributed by atoms with Crippen LogP contribution in [0.1, 0.15) is 12.5 Å². The zero-order valence-electron chi connectivity index (χ0n) is 14.5. The van der Waals surface area contributed by atoms with Gasteiger partial charge in [-0.1, -0.05) is 54.2 Å². The van der Waals surface area contributed by atoms with Crippen molar-refractivity contribution in [3.05, 3.63) is 66.0 Å². The molecule has 1 amide bonds. The summed E-state index contributed by atoms with van der Waals surface area (Å²) in [7, 11) is 1.71. The molecule has 0 radical (unpaired) electrons. The molecule has 0 aliphatic carbocycles. The maximum absolute atomic E-state index is 13.3. The first kappa shape index (κ1) is 18.1. The van der Waals surface area contributed by atoms with Gasteiger partial charge in [0.1, 0.15) is 5.82 Å². The molecule has 134 valence electrons. The molecule has 3 rings (SSSR count). The second kappa shape index (κ2) is 8.14. The first-order chi connectivity index (χ1) is 12.5. The van der Waals surface area contributed by atoms with Crippen LogP contribution in [0, 0.1) is 5.82 Å². The topological polar surface area (TPSA) is 61.9 Å². The van der Waals surface area contributed by atoms with Crippen LogP contribution in [0.15, 0.2) is 59.8 Å². The summed E-state index contributed by atoms with van der Waals surface area (Å²) in [5.41, 5.74) is 1.69. The molecule has 0 fully saturated rings. The Morgan fingerprint density at radius 1 is 1.23 bits per heavy atom. The number of rotatable bonds is 6. The molecule has 0 spiro atoms. The summed E-state index contributed by atoms with van der Waals surface area (Å²) < 4.78 is 13.3. The third-order valence-electron chi connectivity index (χ3n) is 3.83. The predicted octanol–water partition coefficient (Wildman–Crippen LogP) is 3.75. The number of thioether (sulfide) groups is 1. The molecule has 1 heterocycles. The lowest BCUT2D eigenvalue weighted by Gasteiger charge is -2.20. The van der Waals surface area contributed by atoms with Crippen molar-refractivity contribution in [1.82, 2.24) is 20.1 Å². The van der Waals surface area contributed by atoms with Crippen molar-refractivity contribution in [3.63, 3.8) is 0 Å². The monoisotopic (exact) mass is 370 g/mol. The second-order valence-electron chi connectivity index (χ2n) is 5.92. The highest BCUT2D eigenvalue weighted by atomic mass is 32.2. The van der Waals surface area contributed by atoms with Gasteiger partial charge in [0.15, 0.2) is 5.82 Å². The molecular formula is C19H19FN4OS. The van der Waals surface area contributed by atoms with Crippen LogP contribution in [-0.4, -0.2) is 38.3 Å². The lowest BCUT2D eigenvalue weighted by Crippen LogP contribution is -2.32. The first-order valence-electron chi connectivity index (χ1n) is 8.17. The third kappa shape index (κ3) is 4.49. The van der Waals surface area contributed by atoms with Crippen LogP contribution in [0.5, 0.6) is 0 Å². The predicted molar refractivity (Wildman–Crippen MR) is 100 cm³/mol. The summed E-state index contributed by atoms with van der Waals surface area (Å²) in [6.45, 7) is 2.17. The van der Waals surface area contributed by atoms with Gasteiger partial charge in [-0.05, 0) is 24.6 Å². The van der Waals surface area contributed by atoms with E-state index < -0.39 is 0 Å². The Morgan fingerprint density at radius 3 is 2.73 bits per heavy atom. The normalized spacial score (nSPS) is 12.0. The largest absolute Gasteiger partial charge is 0.340 e. The minimum Gasteiger partial charge on any atom is -0.340 e. The van der Waals surface area contributed by atoms with Crippen molar-refractivity contribution in [2.45, 2.75) is 23.9 Å². The second-order valence-corrected chi connectivity index (χ2v) is 7.22. The van der Waals surface area contributed by atoms with E-state index in [4.69, 9.17) is 0 Å². The van der Waals surface area contributed by atoms with Crippen LogP contribution < -0.4 is 0 Å². The van der Waals surface area contributed by atoms with Crippen LogP contribution in [0.3, 0.4) is 0 Å². The first-order valence-corrected chi connectivity index (χ1v) is 9.05. The number of halogens is 1. The summed E-state index contributed by atoms with van der Waals surface area (Å²) >= 11 is 1.29. The Bertz CT molecular complexity index is 884. The van der Waals surface area contributed by atoms with Gasteiger partial charge in [-0.15, -0.1) is 5.10 Å². The SMILES string of the molecule is C[C@H](Sc1n[nH]c(-c2ccccc2)n1)C(=O)N(C)Cc1cccc(F)c1. The molecule has 26 heavy (non-hydrogen) atoms. The molecule has 1 N–H and O–H groups in total. The number of benzene rings is 2. The number of carbonyl (C=O) groups excluding carboxylic acids is 1. The van der Waals surface area contributed by atoms with E-state index in [-0.39, 0.29) is 17.0 Å². The highest BCUT2D eigenvalue weighted by Gasteiger charge is 2.21. The van der Waals surface area contributed by atoms with Gasteiger partial charge in [0.2, 0.25) is 11.1 Å². The van der Waals surface area contributed by atoms with Crippen LogP contribution in [0.2, 0.25) is 0 Å². The number of nitrogens with zero attached hydrogens (tertiary/aromatic N) is 3. The highest BCUT2D eigenvalue weighted by molar-refractivity contribution is 8.00. The minimum absolute atomic E-state index is 0.0645. The fourth-order valence-corrected chi connectivity index (χ4v) is 3.37. The molecule has 0 saturated heterocycles. The fourth-order valence-electron chi connectivity index (χ4n) is 2.53. The van der Waals surface area contributed by atoms with Gasteiger partial charge in [0, 0.05) is 19.2 Å². The Kier molecular flexibility index (Phi) is 5.68. The molecule has 0 unspecified atom stereocenters. The molecule has 0 aliphatic rings. The van der Waals surface area contributed by atoms with Crippen molar-refractivity contribution >= 4 is 17.7 Å². The maximum Gasteiger partial charge on any atom is 0.235 e. The van der Waals surface area contributed by atoms with Gasteiger partial charge in [0.25, 0.3) is 0 Å². The molecule has 2 aromatic carbocycles. The smallest absolute Gasteiger partial charge is 0.235 e. The summed E-state index contributed by atoms with van der Waals surface area (Å²) in [5.74, 6) is 0.297. The number of H-pyrrole nitrogens is 1. The highest BCUT2D eigenvalue weighted by Crippen LogP contribution is 2.24. The van der Waals surface area contributed by atoms with Crippen molar-refractivity contribution in [2.75, 3.05) is 7.05 Å². The van der Waals surface area contributed by atoms with E-state index >= 15 is 0 Å². The molecule has 7 heteroatoms. The number of hydrogen-bond acceptors (Lipinski definition) is 4. The quantitative estimate of drug-likeness (QED) is 0.671. The fraction of sp³-hybridized carbons (Fsp3) is 0.211. The van der Waals surface area contributed by atoms with Crippen molar-refractivity contribution in [2.24, 2.45) is 0 Å². The van der Waals surface area contributed by atoms with Gasteiger partial charge in [0.05, 0.1) is 5.25 Å². The average Bonchev–Trinajstić information content (AvgIpc) is 3.10. The summed E-state index contributed by atoms with van der Waals surface area (Å²) in [5, 5.41) is 7.23. The molecule has 1 aromatic heterocycles. The van der Waals surface area contributed by atoms with Crippen LogP contribution in [0.4, 0.5) is 4.39 Å². The molecule has 0 bridgehead atoms. The lowest BCUT2D eigenvalue weighted by atomic mass is 10.2. The Labute approximate surface area is 155 Å². The Hall–Kier alpha value is -2.67. The molecule has 0 aliphatic heterocycles. The zero-order chi connectivity index (χ0) is 18.5. The van der Waals surface area contributed by atoms with E-state index in [1.165, 1.54) is 23.9 Å². The van der Waals surface area contributed by atoms with E-state index in [0.29, 0.717) is 17.5 Å². The van der Waals surface area contributed by atoms with Gasteiger partial charge in [-0.3, -0.25) is 9.89 Å². The molecular weight excluding hydrogens is 351 g/mol. The number of nitrogens with one attached hydrogen (secondary N) is 1. The van der Waals surface area contributed by atoms with E-state index in [9.17, 15) is 9.18 Å². The molecule has 5 nitrogen and oxygen atoms in total. The molecule has 3 aromatic rings. The van der Waals surface area contributed by atoms with Gasteiger partial charge in [-0.2, -0.15) is 0 Å². The summed E-state index contributed by atoms with van der Waals surface area (Å²) in [4.78, 5) is 18.6. The van der Waals surface area contributed by atoms with Crippen LogP contribution in [0.25, 0.3) is 11.4 Å². The average molecular weight is 370 g/mol. The van der Waals surface area contributed by atoms with Gasteiger partial charge >= 0.3 is 0 Å².